The van der Waals surface area contributed by atoms with Crippen molar-refractivity contribution >= 4 is 29.3 Å². The van der Waals surface area contributed by atoms with E-state index in [4.69, 9.17) is 16.7 Å². The first-order valence-corrected chi connectivity index (χ1v) is 10.8. The molecule has 2 atom stereocenters. The Balaban J connectivity index is 1.45. The monoisotopic (exact) mass is 500 g/mol. The van der Waals surface area contributed by atoms with Crippen LogP contribution in [0.25, 0.3) is 0 Å². The zero-order valence-corrected chi connectivity index (χ0v) is 18.7. The number of hydrogen-bond donors (Lipinski definition) is 2. The molecule has 1 saturated heterocycles. The highest BCUT2D eigenvalue weighted by Crippen LogP contribution is 2.38. The third kappa shape index (κ3) is 4.61. The van der Waals surface area contributed by atoms with Crippen LogP contribution in [-0.2, 0) is 17.6 Å². The summed E-state index contributed by atoms with van der Waals surface area (Å²) in [5, 5.41) is 12.1. The Labute approximate surface area is 197 Å². The van der Waals surface area contributed by atoms with Crippen molar-refractivity contribution in [2.45, 2.75) is 31.1 Å². The molecule has 1 unspecified atom stereocenters. The van der Waals surface area contributed by atoms with Gasteiger partial charge < -0.3 is 20.2 Å². The summed E-state index contributed by atoms with van der Waals surface area (Å²) in [6.45, 7) is -0.288. The number of likely N-dealkylation sites (tertiary alicyclic amines) is 1. The van der Waals surface area contributed by atoms with Crippen LogP contribution in [0.15, 0.2) is 30.5 Å². The lowest BCUT2D eigenvalue weighted by molar-refractivity contribution is -0.193. The van der Waals surface area contributed by atoms with Gasteiger partial charge in [0.15, 0.2) is 6.04 Å². The highest BCUT2D eigenvalue weighted by atomic mass is 35.5. The normalized spacial score (nSPS) is 18.8. The average Bonchev–Trinajstić information content (AvgIpc) is 3.13. The molecular weight excluding hydrogens is 480 g/mol. The molecule has 0 radical (unpaired) electrons. The molecule has 7 nitrogen and oxygen atoms in total. The number of rotatable bonds is 5. The molecule has 0 bridgehead atoms. The van der Waals surface area contributed by atoms with Gasteiger partial charge in [-0.15, -0.1) is 0 Å². The number of benzene rings is 1. The molecule has 4 rings (SSSR count). The molecule has 1 aliphatic carbocycles. The van der Waals surface area contributed by atoms with E-state index in [2.05, 4.69) is 10.3 Å². The highest BCUT2D eigenvalue weighted by Gasteiger charge is 2.49. The standard InChI is InChI=1S/C22H21ClF4N4O3/c1-30(20(32)12-9-31(10-12)21(33)34)19(22(25,26)27)17-5-3-13(8-28-17)29-14-6-11-2-4-16(23)18(24)15(11)7-14/h2-5,8,12,14,19,29H,6-7,9-10H2,1H3,(H,33,34)/t14?,19-/m0/s1. The number of anilines is 1. The maximum atomic E-state index is 14.2. The topological polar surface area (TPSA) is 85.8 Å². The van der Waals surface area contributed by atoms with Gasteiger partial charge in [0.25, 0.3) is 0 Å². The van der Waals surface area contributed by atoms with Crippen LogP contribution in [0.4, 0.5) is 28.0 Å². The van der Waals surface area contributed by atoms with E-state index in [9.17, 15) is 27.2 Å². The number of nitrogens with one attached hydrogen (secondary N) is 1. The zero-order chi connectivity index (χ0) is 24.8. The SMILES string of the molecule is CN(C(=O)C1CN(C(=O)O)C1)[C@@H](c1ccc(NC2Cc3ccc(Cl)c(F)c3C2)cn1)C(F)(F)F. The number of fused-ring (bicyclic) bond motifs is 1. The van der Waals surface area contributed by atoms with Crippen LogP contribution in [0.3, 0.4) is 0 Å². The fourth-order valence-corrected chi connectivity index (χ4v) is 4.59. The molecule has 12 heteroatoms. The number of halogens is 5. The summed E-state index contributed by atoms with van der Waals surface area (Å²) in [6, 6.07) is 3.42. The molecule has 0 spiro atoms. The first-order valence-electron chi connectivity index (χ1n) is 10.4. The lowest BCUT2D eigenvalue weighted by Crippen LogP contribution is -2.56. The van der Waals surface area contributed by atoms with Crippen LogP contribution in [0.1, 0.15) is 22.9 Å². The number of carbonyl (C=O) groups is 2. The van der Waals surface area contributed by atoms with Crippen molar-refractivity contribution in [1.82, 2.24) is 14.8 Å². The van der Waals surface area contributed by atoms with Crippen molar-refractivity contribution < 1.29 is 32.3 Å². The largest absolute Gasteiger partial charge is 0.465 e. The van der Waals surface area contributed by atoms with Gasteiger partial charge in [-0.3, -0.25) is 9.78 Å². The van der Waals surface area contributed by atoms with Crippen LogP contribution < -0.4 is 5.32 Å². The predicted molar refractivity (Wildman–Crippen MR) is 115 cm³/mol. The van der Waals surface area contributed by atoms with Gasteiger partial charge >= 0.3 is 12.3 Å². The van der Waals surface area contributed by atoms with E-state index < -0.39 is 36.0 Å². The second kappa shape index (κ2) is 8.94. The quantitative estimate of drug-likeness (QED) is 0.603. The predicted octanol–water partition coefficient (Wildman–Crippen LogP) is 4.13. The van der Waals surface area contributed by atoms with Crippen LogP contribution in [0, 0.1) is 11.7 Å². The van der Waals surface area contributed by atoms with Gasteiger partial charge in [-0.05, 0) is 42.2 Å². The van der Waals surface area contributed by atoms with Crippen molar-refractivity contribution in [3.8, 4) is 0 Å². The highest BCUT2D eigenvalue weighted by molar-refractivity contribution is 6.30. The minimum atomic E-state index is -4.79. The molecule has 2 N–H and O–H groups in total. The third-order valence-corrected chi connectivity index (χ3v) is 6.49. The first-order chi connectivity index (χ1) is 16.0. The summed E-state index contributed by atoms with van der Waals surface area (Å²) < 4.78 is 55.8. The van der Waals surface area contributed by atoms with E-state index in [0.717, 1.165) is 17.5 Å². The Morgan fingerprint density at radius 1 is 1.24 bits per heavy atom. The van der Waals surface area contributed by atoms with Crippen molar-refractivity contribution in [1.29, 1.82) is 0 Å². The molecule has 1 aromatic heterocycles. The molecule has 1 fully saturated rings. The second-order valence-electron chi connectivity index (χ2n) is 8.50. The molecular formula is C22H21ClF4N4O3. The van der Waals surface area contributed by atoms with Gasteiger partial charge in [-0.1, -0.05) is 17.7 Å². The molecule has 2 amide bonds. The number of amides is 2. The number of nitrogens with zero attached hydrogens (tertiary/aromatic N) is 3. The number of hydrogen-bond acceptors (Lipinski definition) is 4. The smallest absolute Gasteiger partial charge is 0.414 e. The van der Waals surface area contributed by atoms with Crippen LogP contribution in [-0.4, -0.2) is 64.2 Å². The Hall–Kier alpha value is -3.08. The second-order valence-corrected chi connectivity index (χ2v) is 8.91. The van der Waals surface area contributed by atoms with Gasteiger partial charge in [-0.2, -0.15) is 13.2 Å². The molecule has 34 heavy (non-hydrogen) atoms. The van der Waals surface area contributed by atoms with Gasteiger partial charge in [0.2, 0.25) is 5.91 Å². The average molecular weight is 501 g/mol. The molecule has 2 heterocycles. The van der Waals surface area contributed by atoms with E-state index in [1.165, 1.54) is 24.4 Å². The van der Waals surface area contributed by atoms with Crippen molar-refractivity contribution in [3.05, 3.63) is 58.1 Å². The number of pyridine rings is 1. The van der Waals surface area contributed by atoms with Crippen LogP contribution >= 0.6 is 11.6 Å². The van der Waals surface area contributed by atoms with Crippen LogP contribution in [0.2, 0.25) is 5.02 Å². The fraction of sp³-hybridized carbons (Fsp3) is 0.409. The fourth-order valence-electron chi connectivity index (χ4n) is 4.41. The minimum absolute atomic E-state index is 0.0415. The summed E-state index contributed by atoms with van der Waals surface area (Å²) in [5.74, 6) is -2.09. The minimum Gasteiger partial charge on any atom is -0.465 e. The number of alkyl halides is 3. The Bertz CT molecular complexity index is 1110. The summed E-state index contributed by atoms with van der Waals surface area (Å²) in [5.41, 5.74) is 1.43. The molecule has 182 valence electrons. The van der Waals surface area contributed by atoms with E-state index in [1.807, 2.05) is 0 Å². The van der Waals surface area contributed by atoms with E-state index >= 15 is 0 Å². The number of carbonyl (C=O) groups excluding carboxylic acids is 1. The summed E-state index contributed by atoms with van der Waals surface area (Å²) in [7, 11) is 1.03. The van der Waals surface area contributed by atoms with Gasteiger partial charge in [-0.25, -0.2) is 9.18 Å². The summed E-state index contributed by atoms with van der Waals surface area (Å²) >= 11 is 5.83. The van der Waals surface area contributed by atoms with E-state index in [1.54, 1.807) is 6.07 Å². The van der Waals surface area contributed by atoms with Crippen LogP contribution in [0.5, 0.6) is 0 Å². The van der Waals surface area contributed by atoms with Crippen molar-refractivity contribution in [2.75, 3.05) is 25.5 Å². The number of aromatic nitrogens is 1. The van der Waals surface area contributed by atoms with Crippen molar-refractivity contribution in [3.63, 3.8) is 0 Å². The molecule has 1 aliphatic heterocycles. The molecule has 1 aromatic carbocycles. The Morgan fingerprint density at radius 3 is 2.53 bits per heavy atom. The van der Waals surface area contributed by atoms with Gasteiger partial charge in [0.05, 0.1) is 28.5 Å². The van der Waals surface area contributed by atoms with Gasteiger partial charge in [0, 0.05) is 26.2 Å². The van der Waals surface area contributed by atoms with Gasteiger partial charge in [0.1, 0.15) is 5.82 Å². The summed E-state index contributed by atoms with van der Waals surface area (Å²) in [6.07, 6.45) is -3.86. The Morgan fingerprint density at radius 2 is 1.94 bits per heavy atom. The Kier molecular flexibility index (Phi) is 6.32. The zero-order valence-electron chi connectivity index (χ0n) is 17.9. The summed E-state index contributed by atoms with van der Waals surface area (Å²) in [4.78, 5) is 28.9. The number of carboxylic acid groups (broad SMARTS) is 1. The first kappa shape index (κ1) is 24.1. The molecule has 2 aliphatic rings. The maximum absolute atomic E-state index is 14.2. The van der Waals surface area contributed by atoms with E-state index in [0.29, 0.717) is 29.0 Å². The lowest BCUT2D eigenvalue weighted by Gasteiger charge is -2.40. The van der Waals surface area contributed by atoms with E-state index in [-0.39, 0.29) is 29.8 Å². The third-order valence-electron chi connectivity index (χ3n) is 6.19. The van der Waals surface area contributed by atoms with Crippen molar-refractivity contribution in [2.24, 2.45) is 5.92 Å². The molecule has 2 aromatic rings. The molecule has 0 saturated carbocycles. The maximum Gasteiger partial charge on any atom is 0.414 e. The lowest BCUT2D eigenvalue weighted by atomic mass is 9.98.